The highest BCUT2D eigenvalue weighted by Gasteiger charge is 2.26. The van der Waals surface area contributed by atoms with Crippen molar-refractivity contribution in [3.05, 3.63) is 83.2 Å². The van der Waals surface area contributed by atoms with Gasteiger partial charge in [0.15, 0.2) is 28.7 Å². The van der Waals surface area contributed by atoms with Gasteiger partial charge in [-0.25, -0.2) is 8.78 Å². The van der Waals surface area contributed by atoms with Crippen LogP contribution in [0.5, 0.6) is 11.5 Å². The molecule has 2 aromatic heterocycles. The fourth-order valence-electron chi connectivity index (χ4n) is 4.71. The number of halogens is 2. The van der Waals surface area contributed by atoms with Crippen LogP contribution >= 0.6 is 0 Å². The van der Waals surface area contributed by atoms with Crippen molar-refractivity contribution < 1.29 is 27.5 Å². The molecule has 0 aliphatic carbocycles. The van der Waals surface area contributed by atoms with Crippen molar-refractivity contribution in [2.75, 3.05) is 33.0 Å². The smallest absolute Gasteiger partial charge is 0.270 e. The Hall–Kier alpha value is -3.85. The second-order valence-electron chi connectivity index (χ2n) is 8.79. The van der Waals surface area contributed by atoms with Gasteiger partial charge in [0.2, 0.25) is 6.79 Å². The number of piperazine rings is 1. The van der Waals surface area contributed by atoms with Gasteiger partial charge in [0.25, 0.3) is 5.91 Å². The molecule has 180 valence electrons. The summed E-state index contributed by atoms with van der Waals surface area (Å²) in [5.41, 5.74) is 3.48. The molecule has 4 heterocycles. The van der Waals surface area contributed by atoms with E-state index in [0.717, 1.165) is 54.3 Å². The van der Waals surface area contributed by atoms with Crippen LogP contribution in [0.15, 0.2) is 59.2 Å². The number of ether oxygens (including phenoxy) is 2. The van der Waals surface area contributed by atoms with E-state index in [0.29, 0.717) is 29.9 Å². The van der Waals surface area contributed by atoms with Gasteiger partial charge in [-0.2, -0.15) is 0 Å². The largest absolute Gasteiger partial charge is 0.463 e. The molecule has 0 bridgehead atoms. The molecule has 9 heteroatoms. The van der Waals surface area contributed by atoms with E-state index < -0.39 is 11.6 Å². The minimum absolute atomic E-state index is 0.110. The van der Waals surface area contributed by atoms with Crippen molar-refractivity contribution in [1.82, 2.24) is 14.4 Å². The van der Waals surface area contributed by atoms with Gasteiger partial charge in [-0.05, 0) is 35.4 Å². The Kier molecular flexibility index (Phi) is 5.41. The van der Waals surface area contributed by atoms with E-state index >= 15 is 0 Å². The predicted octanol–water partition coefficient (Wildman–Crippen LogP) is 4.25. The monoisotopic (exact) mass is 479 g/mol. The highest BCUT2D eigenvalue weighted by Crippen LogP contribution is 2.33. The standard InChI is InChI=1S/C26H23F2N3O4/c27-19-3-1-17(11-20(19)28)15-31-21-5-10-33-24(21)13-22(31)26(32)30-8-6-29(7-9-30)14-18-2-4-23-25(12-18)35-16-34-23/h1-5,10-13H,6-9,14-16H2. The molecule has 7 nitrogen and oxygen atoms in total. The van der Waals surface area contributed by atoms with Gasteiger partial charge in [-0.15, -0.1) is 0 Å². The summed E-state index contributed by atoms with van der Waals surface area (Å²) in [6.07, 6.45) is 1.55. The molecule has 1 fully saturated rings. The lowest BCUT2D eigenvalue weighted by molar-refractivity contribution is 0.0619. The SMILES string of the molecule is O=C(c1cc2occc2n1Cc1ccc(F)c(F)c1)N1CCN(Cc2ccc3c(c2)OCO3)CC1. The van der Waals surface area contributed by atoms with Gasteiger partial charge in [0, 0.05) is 51.4 Å². The maximum atomic E-state index is 13.8. The topological polar surface area (TPSA) is 60.1 Å². The average molecular weight is 479 g/mol. The Bertz CT molecular complexity index is 1410. The zero-order chi connectivity index (χ0) is 23.9. The van der Waals surface area contributed by atoms with E-state index in [1.807, 2.05) is 23.1 Å². The van der Waals surface area contributed by atoms with E-state index in [9.17, 15) is 13.6 Å². The number of benzene rings is 2. The van der Waals surface area contributed by atoms with E-state index in [1.165, 1.54) is 6.07 Å². The highest BCUT2D eigenvalue weighted by atomic mass is 19.2. The van der Waals surface area contributed by atoms with Gasteiger partial charge in [-0.1, -0.05) is 12.1 Å². The van der Waals surface area contributed by atoms with Gasteiger partial charge in [0.1, 0.15) is 5.69 Å². The minimum atomic E-state index is -0.912. The number of hydrogen-bond donors (Lipinski definition) is 0. The molecule has 0 radical (unpaired) electrons. The Labute approximate surface area is 200 Å². The normalized spacial score (nSPS) is 15.8. The zero-order valence-electron chi connectivity index (χ0n) is 18.9. The lowest BCUT2D eigenvalue weighted by Crippen LogP contribution is -2.48. The lowest BCUT2D eigenvalue weighted by Gasteiger charge is -2.35. The van der Waals surface area contributed by atoms with Gasteiger partial charge < -0.3 is 23.4 Å². The fourth-order valence-corrected chi connectivity index (χ4v) is 4.71. The molecule has 0 unspecified atom stereocenters. The molecule has 2 aliphatic rings. The molecule has 0 saturated carbocycles. The van der Waals surface area contributed by atoms with Crippen LogP contribution in [-0.4, -0.2) is 53.2 Å². The molecule has 6 rings (SSSR count). The predicted molar refractivity (Wildman–Crippen MR) is 123 cm³/mol. The fraction of sp³-hybridized carbons (Fsp3) is 0.269. The third-order valence-electron chi connectivity index (χ3n) is 6.57. The maximum Gasteiger partial charge on any atom is 0.270 e. The number of carbonyl (C=O) groups is 1. The van der Waals surface area contributed by atoms with Gasteiger partial charge in [0.05, 0.1) is 11.8 Å². The van der Waals surface area contributed by atoms with Crippen LogP contribution in [0.2, 0.25) is 0 Å². The third-order valence-corrected chi connectivity index (χ3v) is 6.57. The summed E-state index contributed by atoms with van der Waals surface area (Å²) in [4.78, 5) is 17.6. The average Bonchev–Trinajstić information content (AvgIpc) is 3.59. The van der Waals surface area contributed by atoms with Crippen molar-refractivity contribution in [2.24, 2.45) is 0 Å². The van der Waals surface area contributed by atoms with E-state index in [4.69, 9.17) is 13.9 Å². The quantitative estimate of drug-likeness (QED) is 0.429. The van der Waals surface area contributed by atoms with E-state index in [2.05, 4.69) is 4.90 Å². The number of amides is 1. The van der Waals surface area contributed by atoms with Crippen molar-refractivity contribution in [2.45, 2.75) is 13.1 Å². The van der Waals surface area contributed by atoms with Crippen LogP contribution in [0, 0.1) is 11.6 Å². The summed E-state index contributed by atoms with van der Waals surface area (Å²) in [7, 11) is 0. The third kappa shape index (κ3) is 4.12. The van der Waals surface area contributed by atoms with Crippen LogP contribution in [0.3, 0.4) is 0 Å². The van der Waals surface area contributed by atoms with E-state index in [-0.39, 0.29) is 19.2 Å². The number of furan rings is 1. The molecule has 2 aliphatic heterocycles. The summed E-state index contributed by atoms with van der Waals surface area (Å²) in [5, 5.41) is 0. The first kappa shape index (κ1) is 21.7. The van der Waals surface area contributed by atoms with Crippen LogP contribution in [0.25, 0.3) is 11.1 Å². The first-order valence-electron chi connectivity index (χ1n) is 11.5. The Morgan fingerprint density at radius 3 is 2.43 bits per heavy atom. The summed E-state index contributed by atoms with van der Waals surface area (Å²) < 4.78 is 45.3. The molecular formula is C26H23F2N3O4. The van der Waals surface area contributed by atoms with Crippen molar-refractivity contribution >= 4 is 17.0 Å². The van der Waals surface area contributed by atoms with Crippen LogP contribution in [0.1, 0.15) is 21.6 Å². The highest BCUT2D eigenvalue weighted by molar-refractivity contribution is 5.97. The molecule has 0 spiro atoms. The summed E-state index contributed by atoms with van der Waals surface area (Å²) >= 11 is 0. The molecule has 2 aromatic carbocycles. The van der Waals surface area contributed by atoms with Crippen LogP contribution in [0.4, 0.5) is 8.78 Å². The van der Waals surface area contributed by atoms with E-state index in [1.54, 1.807) is 23.0 Å². The van der Waals surface area contributed by atoms with Crippen molar-refractivity contribution in [3.8, 4) is 11.5 Å². The number of rotatable bonds is 5. The Morgan fingerprint density at radius 1 is 0.829 bits per heavy atom. The molecule has 0 atom stereocenters. The minimum Gasteiger partial charge on any atom is -0.463 e. The van der Waals surface area contributed by atoms with Gasteiger partial charge >= 0.3 is 0 Å². The molecular weight excluding hydrogens is 456 g/mol. The second kappa shape index (κ2) is 8.74. The molecule has 0 N–H and O–H groups in total. The van der Waals surface area contributed by atoms with Crippen molar-refractivity contribution in [1.29, 1.82) is 0 Å². The second-order valence-corrected chi connectivity index (χ2v) is 8.79. The number of nitrogens with zero attached hydrogens (tertiary/aromatic N) is 3. The first-order chi connectivity index (χ1) is 17.0. The van der Waals surface area contributed by atoms with Crippen LogP contribution in [-0.2, 0) is 13.1 Å². The summed E-state index contributed by atoms with van der Waals surface area (Å²) in [5.74, 6) is -0.389. The van der Waals surface area contributed by atoms with Crippen LogP contribution < -0.4 is 9.47 Å². The van der Waals surface area contributed by atoms with Crippen molar-refractivity contribution in [3.63, 3.8) is 0 Å². The zero-order valence-corrected chi connectivity index (χ0v) is 18.9. The first-order valence-corrected chi connectivity index (χ1v) is 11.5. The number of hydrogen-bond acceptors (Lipinski definition) is 5. The molecule has 1 saturated heterocycles. The Balaban J connectivity index is 1.16. The molecule has 1 amide bonds. The molecule has 4 aromatic rings. The maximum absolute atomic E-state index is 13.8. The van der Waals surface area contributed by atoms with Gasteiger partial charge in [-0.3, -0.25) is 9.69 Å². The summed E-state index contributed by atoms with van der Waals surface area (Å²) in [6, 6.07) is 13.2. The Morgan fingerprint density at radius 2 is 1.60 bits per heavy atom. The molecule has 35 heavy (non-hydrogen) atoms. The number of carbonyl (C=O) groups excluding carboxylic acids is 1. The lowest BCUT2D eigenvalue weighted by atomic mass is 10.1. The summed E-state index contributed by atoms with van der Waals surface area (Å²) in [6.45, 7) is 3.88. The number of aromatic nitrogens is 1. The number of fused-ring (bicyclic) bond motifs is 2.